The topological polar surface area (TPSA) is 131 Å². The number of hydrogen-bond acceptors (Lipinski definition) is 7. The molecular weight excluding hydrogens is 630 g/mol. The molecule has 0 spiro atoms. The third-order valence-electron chi connectivity index (χ3n) is 9.48. The molecule has 3 N–H and O–H groups in total. The Morgan fingerprint density at radius 3 is 2.88 bits per heavy atom. The molecule has 10 nitrogen and oxygen atoms in total. The zero-order valence-electron chi connectivity index (χ0n) is 27.2. The molecule has 0 saturated carbocycles. The highest BCUT2D eigenvalue weighted by Gasteiger charge is 2.32. The van der Waals surface area contributed by atoms with Gasteiger partial charge < -0.3 is 24.5 Å². The number of nitrogens with one attached hydrogen (secondary N) is 2. The number of carbonyl (C=O) groups excluding carboxylic acids is 1. The molecule has 1 aliphatic heterocycles. The minimum atomic E-state index is -0.672. The lowest BCUT2D eigenvalue weighted by molar-refractivity contribution is -0.140. The van der Waals surface area contributed by atoms with Crippen LogP contribution in [0.4, 0.5) is 8.78 Å². The average Bonchev–Trinajstić information content (AvgIpc) is 3.89. The van der Waals surface area contributed by atoms with E-state index in [0.29, 0.717) is 48.9 Å². The highest BCUT2D eigenvalue weighted by atomic mass is 19.1. The molecule has 252 valence electrons. The molecule has 2 unspecified atom stereocenters. The van der Waals surface area contributed by atoms with E-state index in [1.54, 1.807) is 23.3 Å². The van der Waals surface area contributed by atoms with Crippen molar-refractivity contribution in [1.29, 1.82) is 0 Å². The largest absolute Gasteiger partial charge is 0.469 e. The van der Waals surface area contributed by atoms with Crippen LogP contribution in [0.2, 0.25) is 0 Å². The van der Waals surface area contributed by atoms with Gasteiger partial charge in [-0.25, -0.2) is 18.4 Å². The molecule has 3 aromatic carbocycles. The van der Waals surface area contributed by atoms with Gasteiger partial charge in [0.25, 0.3) is 0 Å². The van der Waals surface area contributed by atoms with E-state index in [0.717, 1.165) is 22.2 Å². The Bertz CT molecular complexity index is 2140. The van der Waals surface area contributed by atoms with Crippen molar-refractivity contribution in [2.45, 2.75) is 63.5 Å². The molecule has 0 aliphatic carbocycles. The van der Waals surface area contributed by atoms with Crippen LogP contribution in [0, 0.1) is 11.6 Å². The van der Waals surface area contributed by atoms with Gasteiger partial charge in [-0.15, -0.1) is 5.10 Å². The maximum atomic E-state index is 15.7. The second-order valence-corrected chi connectivity index (χ2v) is 12.7. The fraction of sp³-hybridized carbons (Fsp3) is 0.297. The molecule has 1 aliphatic rings. The standard InChI is InChI=1S/C37H36F2N6O4/c1-37(23-5-3-4-22(16-23)6-11-34(47)48-2)14-12-25(46)8-7-24-20-45(44-43-24)21-29-27-13-15-40-32(27)18-31(39)35(29)49-26-9-10-30(38)28(17-26)36-41-19-33(37)42-36/h3-5,9-10,13,15-20,25,40,46H,6-8,11-12,14,21H2,1-2H3,(H,41,42). The van der Waals surface area contributed by atoms with Gasteiger partial charge in [0.1, 0.15) is 17.4 Å². The van der Waals surface area contributed by atoms with Gasteiger partial charge in [-0.05, 0) is 74.4 Å². The molecule has 12 heteroatoms. The normalized spacial score (nSPS) is 18.2. The summed E-state index contributed by atoms with van der Waals surface area (Å²) in [6, 6.07) is 15.4. The number of aliphatic hydroxyl groups excluding tert-OH is 1. The molecule has 49 heavy (non-hydrogen) atoms. The van der Waals surface area contributed by atoms with Gasteiger partial charge in [-0.3, -0.25) is 4.79 Å². The van der Waals surface area contributed by atoms with E-state index >= 15 is 8.78 Å². The summed E-state index contributed by atoms with van der Waals surface area (Å²) >= 11 is 0. The first-order valence-electron chi connectivity index (χ1n) is 16.2. The van der Waals surface area contributed by atoms with Crippen molar-refractivity contribution in [3.63, 3.8) is 0 Å². The molecule has 7 rings (SSSR count). The number of nitrogens with zero attached hydrogens (tertiary/aromatic N) is 4. The lowest BCUT2D eigenvalue weighted by atomic mass is 9.74. The van der Waals surface area contributed by atoms with Crippen LogP contribution in [0.5, 0.6) is 11.5 Å². The minimum Gasteiger partial charge on any atom is -0.469 e. The summed E-state index contributed by atoms with van der Waals surface area (Å²) in [5, 5.41) is 20.5. The third kappa shape index (κ3) is 6.56. The minimum absolute atomic E-state index is 0.00478. The smallest absolute Gasteiger partial charge is 0.305 e. The summed E-state index contributed by atoms with van der Waals surface area (Å²) in [5.74, 6) is -0.906. The number of aromatic nitrogens is 6. The zero-order valence-corrected chi connectivity index (χ0v) is 27.2. The number of H-pyrrole nitrogens is 2. The number of ether oxygens (including phenoxy) is 2. The molecule has 6 aromatic rings. The Labute approximate surface area is 281 Å². The van der Waals surface area contributed by atoms with Gasteiger partial charge in [-0.2, -0.15) is 0 Å². The van der Waals surface area contributed by atoms with E-state index in [-0.39, 0.29) is 41.8 Å². The Morgan fingerprint density at radius 2 is 2.02 bits per heavy atom. The second-order valence-electron chi connectivity index (χ2n) is 12.7. The summed E-state index contributed by atoms with van der Waals surface area (Å²) in [5.41, 5.74) is 3.95. The molecule has 0 fully saturated rings. The van der Waals surface area contributed by atoms with Gasteiger partial charge in [0.15, 0.2) is 11.6 Å². The zero-order chi connectivity index (χ0) is 34.1. The van der Waals surface area contributed by atoms with E-state index in [1.807, 2.05) is 30.3 Å². The number of imidazole rings is 1. The monoisotopic (exact) mass is 666 g/mol. The van der Waals surface area contributed by atoms with Gasteiger partial charge in [0.05, 0.1) is 31.0 Å². The average molecular weight is 667 g/mol. The number of esters is 1. The fourth-order valence-electron chi connectivity index (χ4n) is 6.56. The van der Waals surface area contributed by atoms with E-state index in [4.69, 9.17) is 9.47 Å². The summed E-state index contributed by atoms with van der Waals surface area (Å²) in [4.78, 5) is 22.8. The van der Waals surface area contributed by atoms with E-state index in [9.17, 15) is 9.90 Å². The Kier molecular flexibility index (Phi) is 8.72. The summed E-state index contributed by atoms with van der Waals surface area (Å²) in [6.45, 7) is 2.23. The van der Waals surface area contributed by atoms with Crippen molar-refractivity contribution < 1.29 is 28.2 Å². The van der Waals surface area contributed by atoms with Gasteiger partial charge in [-0.1, -0.05) is 29.5 Å². The molecule has 0 amide bonds. The fourth-order valence-corrected chi connectivity index (χ4v) is 6.56. The van der Waals surface area contributed by atoms with Crippen LogP contribution in [0.25, 0.3) is 22.3 Å². The summed E-state index contributed by atoms with van der Waals surface area (Å²) in [6.07, 6.45) is 7.25. The Hall–Kier alpha value is -5.36. The Morgan fingerprint density at radius 1 is 1.14 bits per heavy atom. The van der Waals surface area contributed by atoms with Crippen LogP contribution in [0.3, 0.4) is 0 Å². The molecule has 3 aromatic heterocycles. The van der Waals surface area contributed by atoms with Crippen LogP contribution < -0.4 is 4.74 Å². The molecule has 0 radical (unpaired) electrons. The summed E-state index contributed by atoms with van der Waals surface area (Å²) < 4.78 is 43.8. The lowest BCUT2D eigenvalue weighted by Gasteiger charge is -2.31. The molecule has 2 atom stereocenters. The summed E-state index contributed by atoms with van der Waals surface area (Å²) in [7, 11) is 1.37. The first-order chi connectivity index (χ1) is 23.7. The van der Waals surface area contributed by atoms with Crippen molar-refractivity contribution in [3.8, 4) is 22.9 Å². The van der Waals surface area contributed by atoms with Crippen molar-refractivity contribution in [2.75, 3.05) is 7.11 Å². The van der Waals surface area contributed by atoms with Crippen molar-refractivity contribution >= 4 is 16.9 Å². The van der Waals surface area contributed by atoms with E-state index in [1.165, 1.54) is 31.4 Å². The van der Waals surface area contributed by atoms with Crippen molar-refractivity contribution in [3.05, 3.63) is 113 Å². The van der Waals surface area contributed by atoms with Gasteiger partial charge in [0.2, 0.25) is 0 Å². The Balaban J connectivity index is 1.32. The highest BCUT2D eigenvalue weighted by molar-refractivity contribution is 5.85. The number of benzene rings is 3. The number of aryl methyl sites for hydroxylation is 2. The number of rotatable bonds is 4. The van der Waals surface area contributed by atoms with E-state index < -0.39 is 23.2 Å². The SMILES string of the molecule is COC(=O)CCc1cccc(C2(C)CCC(O)CCc3cn(nn3)Cc3c(c(F)cc4[nH]ccc34)Oc3ccc(F)c(c3)-c3ncc2[nH]3)c1. The number of carbonyl (C=O) groups is 1. The maximum absolute atomic E-state index is 15.7. The van der Waals surface area contributed by atoms with Crippen LogP contribution in [0.1, 0.15) is 60.7 Å². The van der Waals surface area contributed by atoms with Crippen LogP contribution in [-0.4, -0.2) is 54.2 Å². The third-order valence-corrected chi connectivity index (χ3v) is 9.48. The van der Waals surface area contributed by atoms with Gasteiger partial charge in [0, 0.05) is 58.7 Å². The predicted molar refractivity (Wildman–Crippen MR) is 178 cm³/mol. The highest BCUT2D eigenvalue weighted by Crippen LogP contribution is 2.40. The number of aromatic amines is 2. The number of hydrogen-bond donors (Lipinski definition) is 3. The first-order valence-corrected chi connectivity index (χ1v) is 16.2. The van der Waals surface area contributed by atoms with Crippen molar-refractivity contribution in [2.24, 2.45) is 0 Å². The second kappa shape index (κ2) is 13.3. The number of halogens is 2. The lowest BCUT2D eigenvalue weighted by Crippen LogP contribution is -2.26. The number of methoxy groups -OCH3 is 1. The molecular formula is C37H36F2N6O4. The molecule has 0 saturated heterocycles. The number of fused-ring (bicyclic) bond motifs is 10. The quantitative estimate of drug-likeness (QED) is 0.177. The first kappa shape index (κ1) is 32.2. The van der Waals surface area contributed by atoms with Crippen molar-refractivity contribution in [1.82, 2.24) is 29.9 Å². The van der Waals surface area contributed by atoms with Crippen LogP contribution in [0.15, 0.2) is 73.2 Å². The maximum Gasteiger partial charge on any atom is 0.305 e. The predicted octanol–water partition coefficient (Wildman–Crippen LogP) is 6.77. The van der Waals surface area contributed by atoms with E-state index in [2.05, 4.69) is 32.2 Å². The van der Waals surface area contributed by atoms with Crippen LogP contribution in [-0.2, 0) is 34.3 Å². The van der Waals surface area contributed by atoms with Crippen LogP contribution >= 0.6 is 0 Å². The number of aliphatic hydroxyl groups is 1. The molecule has 4 heterocycles. The molecule has 6 bridgehead atoms. The van der Waals surface area contributed by atoms with Gasteiger partial charge >= 0.3 is 5.97 Å².